The van der Waals surface area contributed by atoms with Crippen LogP contribution in [0, 0.1) is 5.92 Å². The number of alkyl halides is 3. The summed E-state index contributed by atoms with van der Waals surface area (Å²) in [6.07, 6.45) is 1.23. The lowest BCUT2D eigenvalue weighted by molar-refractivity contribution is -0.137. The van der Waals surface area contributed by atoms with Gasteiger partial charge in [0.25, 0.3) is 0 Å². The molecule has 2 aromatic heterocycles. The zero-order valence-corrected chi connectivity index (χ0v) is 15.3. The summed E-state index contributed by atoms with van der Waals surface area (Å²) in [6.45, 7) is 2.96. The fourth-order valence-electron chi connectivity index (χ4n) is 3.78. The SMILES string of the molecule is CCCC1CC(=O)N(Cn2c(-c3ncc[nH]3)nc3cc(C(F)(F)F)ccc32)C1. The van der Waals surface area contributed by atoms with Crippen molar-refractivity contribution in [2.24, 2.45) is 5.92 Å². The van der Waals surface area contributed by atoms with E-state index in [1.807, 2.05) is 0 Å². The van der Waals surface area contributed by atoms with Crippen molar-refractivity contribution in [1.82, 2.24) is 24.4 Å². The number of nitrogens with zero attached hydrogens (tertiary/aromatic N) is 4. The van der Waals surface area contributed by atoms with Gasteiger partial charge in [-0.2, -0.15) is 13.2 Å². The predicted octanol–water partition coefficient (Wildman–Crippen LogP) is 4.05. The van der Waals surface area contributed by atoms with Crippen molar-refractivity contribution < 1.29 is 18.0 Å². The van der Waals surface area contributed by atoms with Gasteiger partial charge in [-0.1, -0.05) is 13.3 Å². The maximum atomic E-state index is 13.1. The average Bonchev–Trinajstić information content (AvgIpc) is 3.34. The Hall–Kier alpha value is -2.84. The minimum absolute atomic E-state index is 0.0533. The molecule has 1 N–H and O–H groups in total. The molecule has 0 saturated carbocycles. The first-order valence-electron chi connectivity index (χ1n) is 9.22. The topological polar surface area (TPSA) is 66.8 Å². The maximum Gasteiger partial charge on any atom is 0.416 e. The van der Waals surface area contributed by atoms with Gasteiger partial charge in [0.15, 0.2) is 11.6 Å². The van der Waals surface area contributed by atoms with Crippen LogP contribution < -0.4 is 0 Å². The number of H-pyrrole nitrogens is 1. The quantitative estimate of drug-likeness (QED) is 0.714. The number of carbonyl (C=O) groups is 1. The molecule has 3 aromatic rings. The van der Waals surface area contributed by atoms with Crippen molar-refractivity contribution in [2.45, 2.75) is 39.0 Å². The first-order valence-corrected chi connectivity index (χ1v) is 9.22. The Balaban J connectivity index is 1.75. The lowest BCUT2D eigenvalue weighted by Crippen LogP contribution is -2.28. The number of benzene rings is 1. The number of rotatable bonds is 5. The Morgan fingerprint density at radius 3 is 2.82 bits per heavy atom. The molecule has 1 amide bonds. The molecule has 4 rings (SSSR count). The van der Waals surface area contributed by atoms with Crippen LogP contribution in [0.3, 0.4) is 0 Å². The largest absolute Gasteiger partial charge is 0.416 e. The molecule has 0 aliphatic carbocycles. The lowest BCUT2D eigenvalue weighted by Gasteiger charge is -2.19. The number of nitrogens with one attached hydrogen (secondary N) is 1. The van der Waals surface area contributed by atoms with Crippen LogP contribution in [0.1, 0.15) is 31.7 Å². The van der Waals surface area contributed by atoms with E-state index in [-0.39, 0.29) is 18.1 Å². The predicted molar refractivity (Wildman–Crippen MR) is 97.0 cm³/mol. The van der Waals surface area contributed by atoms with Gasteiger partial charge < -0.3 is 14.5 Å². The van der Waals surface area contributed by atoms with E-state index in [1.165, 1.54) is 6.07 Å². The summed E-state index contributed by atoms with van der Waals surface area (Å²) in [7, 11) is 0. The highest BCUT2D eigenvalue weighted by Gasteiger charge is 2.33. The summed E-state index contributed by atoms with van der Waals surface area (Å²) in [5.74, 6) is 1.22. The van der Waals surface area contributed by atoms with E-state index in [4.69, 9.17) is 0 Å². The summed E-state index contributed by atoms with van der Waals surface area (Å²) in [6, 6.07) is 3.48. The molecule has 9 heteroatoms. The molecule has 1 aliphatic rings. The smallest absolute Gasteiger partial charge is 0.342 e. The summed E-state index contributed by atoms with van der Waals surface area (Å²) < 4.78 is 41.0. The second-order valence-corrected chi connectivity index (χ2v) is 7.12. The van der Waals surface area contributed by atoms with Gasteiger partial charge >= 0.3 is 6.18 Å². The number of fused-ring (bicyclic) bond motifs is 1. The van der Waals surface area contributed by atoms with Gasteiger partial charge in [-0.25, -0.2) is 9.97 Å². The van der Waals surface area contributed by atoms with Gasteiger partial charge in [0.2, 0.25) is 5.91 Å². The zero-order chi connectivity index (χ0) is 19.9. The summed E-state index contributed by atoms with van der Waals surface area (Å²) in [4.78, 5) is 25.7. The van der Waals surface area contributed by atoms with Gasteiger partial charge in [-0.3, -0.25) is 4.79 Å². The van der Waals surface area contributed by atoms with E-state index in [0.717, 1.165) is 25.0 Å². The number of aromatic nitrogens is 4. The number of amides is 1. The lowest BCUT2D eigenvalue weighted by atomic mass is 10.0. The first kappa shape index (κ1) is 18.5. The van der Waals surface area contributed by atoms with Gasteiger partial charge in [0.1, 0.15) is 0 Å². The van der Waals surface area contributed by atoms with Crippen molar-refractivity contribution in [3.05, 3.63) is 36.2 Å². The monoisotopic (exact) mass is 391 g/mol. The van der Waals surface area contributed by atoms with Crippen molar-refractivity contribution in [1.29, 1.82) is 0 Å². The van der Waals surface area contributed by atoms with E-state index in [2.05, 4.69) is 21.9 Å². The van der Waals surface area contributed by atoms with E-state index in [9.17, 15) is 18.0 Å². The third kappa shape index (κ3) is 3.36. The molecular formula is C19H20F3N5O. The molecule has 1 aromatic carbocycles. The standard InChI is InChI=1S/C19H20F3N5O/c1-2-3-12-8-16(28)26(10-12)11-27-15-5-4-13(19(20,21)22)9-14(15)25-18(27)17-23-6-7-24-17/h4-7,9,12H,2-3,8,10-11H2,1H3,(H,23,24). The Bertz CT molecular complexity index is 993. The molecule has 1 fully saturated rings. The van der Waals surface area contributed by atoms with E-state index in [1.54, 1.807) is 21.9 Å². The third-order valence-electron chi connectivity index (χ3n) is 5.09. The molecule has 1 unspecified atom stereocenters. The molecule has 1 aliphatic heterocycles. The molecule has 6 nitrogen and oxygen atoms in total. The van der Waals surface area contributed by atoms with E-state index >= 15 is 0 Å². The Kier molecular flexibility index (Phi) is 4.60. The summed E-state index contributed by atoms with van der Waals surface area (Å²) in [5, 5.41) is 0. The van der Waals surface area contributed by atoms with Crippen molar-refractivity contribution in [3.8, 4) is 11.6 Å². The first-order chi connectivity index (χ1) is 13.4. The summed E-state index contributed by atoms with van der Waals surface area (Å²) in [5.41, 5.74) is 0.0000225. The second kappa shape index (κ2) is 6.96. The van der Waals surface area contributed by atoms with E-state index in [0.29, 0.717) is 36.0 Å². The van der Waals surface area contributed by atoms with Gasteiger partial charge in [0, 0.05) is 25.4 Å². The van der Waals surface area contributed by atoms with Crippen LogP contribution in [0.2, 0.25) is 0 Å². The zero-order valence-electron chi connectivity index (χ0n) is 15.3. The summed E-state index contributed by atoms with van der Waals surface area (Å²) >= 11 is 0. The van der Waals surface area contributed by atoms with Gasteiger partial charge in [0.05, 0.1) is 23.3 Å². The average molecular weight is 391 g/mol. The van der Waals surface area contributed by atoms with E-state index < -0.39 is 11.7 Å². The molecule has 3 heterocycles. The number of hydrogen-bond donors (Lipinski definition) is 1. The fourth-order valence-corrected chi connectivity index (χ4v) is 3.78. The van der Waals surface area contributed by atoms with Crippen LogP contribution in [0.4, 0.5) is 13.2 Å². The maximum absolute atomic E-state index is 13.1. The van der Waals surface area contributed by atoms with Gasteiger partial charge in [-0.05, 0) is 30.5 Å². The molecule has 0 bridgehead atoms. The van der Waals surface area contributed by atoms with Crippen LogP contribution >= 0.6 is 0 Å². The number of hydrogen-bond acceptors (Lipinski definition) is 3. The van der Waals surface area contributed by atoms with Crippen LogP contribution in [-0.2, 0) is 17.6 Å². The fraction of sp³-hybridized carbons (Fsp3) is 0.421. The van der Waals surface area contributed by atoms with Crippen LogP contribution in [0.25, 0.3) is 22.7 Å². The highest BCUT2D eigenvalue weighted by atomic mass is 19.4. The molecule has 148 valence electrons. The number of halogens is 3. The molecule has 1 saturated heterocycles. The van der Waals surface area contributed by atoms with Crippen molar-refractivity contribution in [3.63, 3.8) is 0 Å². The number of aromatic amines is 1. The number of imidazole rings is 2. The van der Waals surface area contributed by atoms with Crippen LogP contribution in [-0.4, -0.2) is 36.9 Å². The molecular weight excluding hydrogens is 371 g/mol. The Morgan fingerprint density at radius 1 is 1.32 bits per heavy atom. The molecule has 1 atom stereocenters. The van der Waals surface area contributed by atoms with Crippen LogP contribution in [0.5, 0.6) is 0 Å². The minimum Gasteiger partial charge on any atom is -0.342 e. The van der Waals surface area contributed by atoms with Crippen molar-refractivity contribution >= 4 is 16.9 Å². The minimum atomic E-state index is -4.44. The Morgan fingerprint density at radius 2 is 2.14 bits per heavy atom. The normalized spacial score (nSPS) is 17.8. The molecule has 0 spiro atoms. The van der Waals surface area contributed by atoms with Crippen LogP contribution in [0.15, 0.2) is 30.6 Å². The third-order valence-corrected chi connectivity index (χ3v) is 5.09. The number of likely N-dealkylation sites (tertiary alicyclic amines) is 1. The highest BCUT2D eigenvalue weighted by Crippen LogP contribution is 2.33. The van der Waals surface area contributed by atoms with Gasteiger partial charge in [-0.15, -0.1) is 0 Å². The highest BCUT2D eigenvalue weighted by molar-refractivity contribution is 5.81. The molecule has 0 radical (unpaired) electrons. The molecule has 28 heavy (non-hydrogen) atoms. The van der Waals surface area contributed by atoms with Crippen molar-refractivity contribution in [2.75, 3.05) is 6.54 Å². The Labute approximate surface area is 159 Å². The number of carbonyl (C=O) groups excluding carboxylic acids is 1. The second-order valence-electron chi connectivity index (χ2n) is 7.12.